The van der Waals surface area contributed by atoms with E-state index in [4.69, 9.17) is 0 Å². The monoisotopic (exact) mass is 496 g/mol. The van der Waals surface area contributed by atoms with Crippen LogP contribution >= 0.6 is 0 Å². The Kier molecular flexibility index (Phi) is 6.68. The minimum Gasteiger partial charge on any atom is -0.367 e. The Hall–Kier alpha value is -5.10. The van der Waals surface area contributed by atoms with Crippen LogP contribution in [0.2, 0.25) is 0 Å². The van der Waals surface area contributed by atoms with Gasteiger partial charge in [0.1, 0.15) is 11.6 Å². The molecular formula is C32H28N6. The van der Waals surface area contributed by atoms with Crippen LogP contribution in [0.1, 0.15) is 0 Å². The largest absolute Gasteiger partial charge is 0.367 e. The van der Waals surface area contributed by atoms with Crippen molar-refractivity contribution < 1.29 is 0 Å². The standard InChI is InChI=1S/C32H28N6/c1-3-7-23(8-4-1)25-11-15-27(16-12-25)29-21-31(37-35-29)33-19-20-34-32-22-30(36-38-32)28-17-13-26(14-18-28)24-9-5-2-6-10-24/h1-18,21-22H,19-20H2,(H2,33,35,37)(H2,34,36,38). The zero-order chi connectivity index (χ0) is 25.6. The lowest BCUT2D eigenvalue weighted by Gasteiger charge is -2.04. The van der Waals surface area contributed by atoms with Gasteiger partial charge in [-0.3, -0.25) is 10.2 Å². The molecule has 0 bridgehead atoms. The number of hydrogen-bond donors (Lipinski definition) is 4. The van der Waals surface area contributed by atoms with E-state index in [0.29, 0.717) is 13.1 Å². The number of nitrogens with one attached hydrogen (secondary N) is 4. The molecule has 2 aromatic heterocycles. The zero-order valence-electron chi connectivity index (χ0n) is 20.9. The van der Waals surface area contributed by atoms with Crippen LogP contribution in [0.5, 0.6) is 0 Å². The second-order valence-electron chi connectivity index (χ2n) is 9.07. The number of nitrogens with zero attached hydrogens (tertiary/aromatic N) is 2. The number of aromatic amines is 2. The molecule has 0 amide bonds. The molecule has 2 heterocycles. The first-order chi connectivity index (χ1) is 18.8. The Morgan fingerprint density at radius 2 is 0.763 bits per heavy atom. The number of benzene rings is 4. The van der Waals surface area contributed by atoms with Crippen LogP contribution in [-0.2, 0) is 0 Å². The van der Waals surface area contributed by atoms with Crippen molar-refractivity contribution in [3.8, 4) is 44.8 Å². The molecule has 4 N–H and O–H groups in total. The van der Waals surface area contributed by atoms with Gasteiger partial charge < -0.3 is 10.6 Å². The van der Waals surface area contributed by atoms with E-state index in [1.165, 1.54) is 22.3 Å². The fourth-order valence-corrected chi connectivity index (χ4v) is 4.45. The van der Waals surface area contributed by atoms with E-state index in [1.807, 2.05) is 24.3 Å². The topological polar surface area (TPSA) is 81.4 Å². The van der Waals surface area contributed by atoms with E-state index in [-0.39, 0.29) is 0 Å². The summed E-state index contributed by atoms with van der Waals surface area (Å²) in [6, 6.07) is 41.8. The van der Waals surface area contributed by atoms with Crippen molar-refractivity contribution in [2.45, 2.75) is 0 Å². The normalized spacial score (nSPS) is 10.8. The van der Waals surface area contributed by atoms with Gasteiger partial charge in [-0.05, 0) is 33.4 Å². The van der Waals surface area contributed by atoms with Gasteiger partial charge in [0.05, 0.1) is 11.4 Å². The van der Waals surface area contributed by atoms with Crippen LogP contribution in [0.25, 0.3) is 44.8 Å². The first-order valence-corrected chi connectivity index (χ1v) is 12.7. The Morgan fingerprint density at radius 3 is 1.16 bits per heavy atom. The zero-order valence-corrected chi connectivity index (χ0v) is 20.9. The molecule has 0 radical (unpaired) electrons. The highest BCUT2D eigenvalue weighted by Crippen LogP contribution is 2.26. The Bertz CT molecular complexity index is 1460. The molecule has 0 saturated carbocycles. The van der Waals surface area contributed by atoms with Crippen LogP contribution in [0, 0.1) is 0 Å². The van der Waals surface area contributed by atoms with Crippen molar-refractivity contribution in [2.75, 3.05) is 23.7 Å². The molecule has 0 atom stereocenters. The quantitative estimate of drug-likeness (QED) is 0.158. The molecule has 6 heteroatoms. The molecule has 0 aliphatic heterocycles. The summed E-state index contributed by atoms with van der Waals surface area (Å²) in [6.07, 6.45) is 0. The molecule has 0 aliphatic carbocycles. The third-order valence-corrected chi connectivity index (χ3v) is 6.50. The summed E-state index contributed by atoms with van der Waals surface area (Å²) < 4.78 is 0. The van der Waals surface area contributed by atoms with Crippen LogP contribution in [0.4, 0.5) is 11.6 Å². The number of anilines is 2. The van der Waals surface area contributed by atoms with E-state index in [1.54, 1.807) is 0 Å². The Balaban J connectivity index is 0.998. The van der Waals surface area contributed by atoms with Crippen molar-refractivity contribution in [1.82, 2.24) is 20.4 Å². The van der Waals surface area contributed by atoms with Crippen molar-refractivity contribution in [1.29, 1.82) is 0 Å². The van der Waals surface area contributed by atoms with Gasteiger partial charge in [-0.25, -0.2) is 0 Å². The maximum Gasteiger partial charge on any atom is 0.148 e. The summed E-state index contributed by atoms with van der Waals surface area (Å²) in [5.74, 6) is 1.63. The van der Waals surface area contributed by atoms with E-state index in [0.717, 1.165) is 34.2 Å². The first kappa shape index (κ1) is 23.3. The number of hydrogen-bond acceptors (Lipinski definition) is 4. The van der Waals surface area contributed by atoms with E-state index in [2.05, 4.69) is 128 Å². The van der Waals surface area contributed by atoms with Crippen molar-refractivity contribution in [2.24, 2.45) is 0 Å². The van der Waals surface area contributed by atoms with Crippen LogP contribution in [0.3, 0.4) is 0 Å². The van der Waals surface area contributed by atoms with E-state index < -0.39 is 0 Å². The van der Waals surface area contributed by atoms with Crippen LogP contribution in [0.15, 0.2) is 121 Å². The minimum absolute atomic E-state index is 0.713. The van der Waals surface area contributed by atoms with Crippen molar-refractivity contribution >= 4 is 11.6 Å². The molecule has 0 aliphatic rings. The number of rotatable bonds is 9. The Labute approximate surface area is 221 Å². The van der Waals surface area contributed by atoms with Crippen LogP contribution in [-0.4, -0.2) is 33.5 Å². The predicted molar refractivity (Wildman–Crippen MR) is 156 cm³/mol. The van der Waals surface area contributed by atoms with Gasteiger partial charge >= 0.3 is 0 Å². The van der Waals surface area contributed by atoms with Gasteiger partial charge in [-0.2, -0.15) is 10.2 Å². The maximum absolute atomic E-state index is 4.40. The molecule has 0 fully saturated rings. The fraction of sp³-hybridized carbons (Fsp3) is 0.0625. The summed E-state index contributed by atoms with van der Waals surface area (Å²) in [4.78, 5) is 0. The predicted octanol–water partition coefficient (Wildman–Crippen LogP) is 7.32. The van der Waals surface area contributed by atoms with E-state index >= 15 is 0 Å². The third-order valence-electron chi connectivity index (χ3n) is 6.50. The lowest BCUT2D eigenvalue weighted by molar-refractivity contribution is 1.01. The second kappa shape index (κ2) is 10.9. The lowest BCUT2D eigenvalue weighted by atomic mass is 10.0. The smallest absolute Gasteiger partial charge is 0.148 e. The molecule has 6 aromatic rings. The van der Waals surface area contributed by atoms with Crippen LogP contribution < -0.4 is 10.6 Å². The molecule has 4 aromatic carbocycles. The average molecular weight is 497 g/mol. The molecular weight excluding hydrogens is 468 g/mol. The van der Waals surface area contributed by atoms with E-state index in [9.17, 15) is 0 Å². The van der Waals surface area contributed by atoms with Crippen molar-refractivity contribution in [3.05, 3.63) is 121 Å². The summed E-state index contributed by atoms with van der Waals surface area (Å²) >= 11 is 0. The highest BCUT2D eigenvalue weighted by atomic mass is 15.2. The van der Waals surface area contributed by atoms with Gasteiger partial charge in [0.15, 0.2) is 0 Å². The number of aromatic nitrogens is 4. The molecule has 0 saturated heterocycles. The average Bonchev–Trinajstić information content (AvgIpc) is 3.67. The molecule has 0 unspecified atom stereocenters. The van der Waals surface area contributed by atoms with Gasteiger partial charge in [0.25, 0.3) is 0 Å². The molecule has 186 valence electrons. The summed E-state index contributed by atoms with van der Waals surface area (Å²) in [6.45, 7) is 1.43. The highest BCUT2D eigenvalue weighted by Gasteiger charge is 2.06. The molecule has 0 spiro atoms. The van der Waals surface area contributed by atoms with Crippen molar-refractivity contribution in [3.63, 3.8) is 0 Å². The SMILES string of the molecule is c1ccc(-c2ccc(-c3cc(NCCNc4cc(-c5ccc(-c6ccccc6)cc5)[nH]n4)n[nH]3)cc2)cc1. The summed E-state index contributed by atoms with van der Waals surface area (Å²) in [5, 5.41) is 21.8. The molecule has 6 nitrogen and oxygen atoms in total. The Morgan fingerprint density at radius 1 is 0.421 bits per heavy atom. The molecule has 38 heavy (non-hydrogen) atoms. The summed E-state index contributed by atoms with van der Waals surface area (Å²) in [7, 11) is 0. The van der Waals surface area contributed by atoms with Gasteiger partial charge in [-0.15, -0.1) is 0 Å². The summed E-state index contributed by atoms with van der Waals surface area (Å²) in [5.41, 5.74) is 8.99. The third kappa shape index (κ3) is 5.34. The van der Waals surface area contributed by atoms with Gasteiger partial charge in [0.2, 0.25) is 0 Å². The van der Waals surface area contributed by atoms with Gasteiger partial charge in [0, 0.05) is 25.2 Å². The highest BCUT2D eigenvalue weighted by molar-refractivity contribution is 5.71. The second-order valence-corrected chi connectivity index (χ2v) is 9.07. The maximum atomic E-state index is 4.40. The molecule has 6 rings (SSSR count). The lowest BCUT2D eigenvalue weighted by Crippen LogP contribution is -2.13. The fourth-order valence-electron chi connectivity index (χ4n) is 4.45. The minimum atomic E-state index is 0.713. The first-order valence-electron chi connectivity index (χ1n) is 12.7. The van der Waals surface area contributed by atoms with Gasteiger partial charge in [-0.1, -0.05) is 109 Å². The number of H-pyrrole nitrogens is 2.